The first kappa shape index (κ1) is 17.3. The molecule has 1 saturated carbocycles. The van der Waals surface area contributed by atoms with Gasteiger partial charge in [-0.05, 0) is 74.1 Å². The summed E-state index contributed by atoms with van der Waals surface area (Å²) in [7, 11) is 1.96. The summed E-state index contributed by atoms with van der Waals surface area (Å²) in [6.45, 7) is 8.63. The van der Waals surface area contributed by atoms with Crippen molar-refractivity contribution < 1.29 is 9.32 Å². The summed E-state index contributed by atoms with van der Waals surface area (Å²) in [5, 5.41) is 4.09. The summed E-state index contributed by atoms with van der Waals surface area (Å²) >= 11 is 0. The predicted molar refractivity (Wildman–Crippen MR) is 102 cm³/mol. The van der Waals surface area contributed by atoms with Crippen LogP contribution in [0, 0.1) is 25.2 Å². The van der Waals surface area contributed by atoms with Crippen LogP contribution in [0.5, 0.6) is 0 Å². The first-order chi connectivity index (χ1) is 12.3. The Hall–Kier alpha value is -2.10. The SMILES string of the molecule is Cc1noc(C)c1-c1ccc2c(c1)C(C1CCC(C)(C)CC1)N(C)C2=O. The normalized spacial score (nSPS) is 22.7. The molecule has 4 heteroatoms. The number of fused-ring (bicyclic) bond motifs is 1. The van der Waals surface area contributed by atoms with Crippen molar-refractivity contribution in [2.75, 3.05) is 7.05 Å². The zero-order valence-corrected chi connectivity index (χ0v) is 16.4. The molecule has 0 radical (unpaired) electrons. The molecule has 1 aromatic heterocycles. The van der Waals surface area contributed by atoms with E-state index in [4.69, 9.17) is 4.52 Å². The van der Waals surface area contributed by atoms with Crippen LogP contribution in [0.1, 0.15) is 72.9 Å². The van der Waals surface area contributed by atoms with Crippen LogP contribution in [0.25, 0.3) is 11.1 Å². The lowest BCUT2D eigenvalue weighted by Crippen LogP contribution is -2.32. The lowest BCUT2D eigenvalue weighted by molar-refractivity contribution is 0.0653. The van der Waals surface area contributed by atoms with Crippen LogP contribution < -0.4 is 0 Å². The Kier molecular flexibility index (Phi) is 3.98. The fraction of sp³-hybridized carbons (Fsp3) is 0.545. The smallest absolute Gasteiger partial charge is 0.254 e. The second-order valence-electron chi connectivity index (χ2n) is 8.86. The first-order valence-corrected chi connectivity index (χ1v) is 9.63. The van der Waals surface area contributed by atoms with Crippen molar-refractivity contribution >= 4 is 5.91 Å². The van der Waals surface area contributed by atoms with Crippen LogP contribution >= 0.6 is 0 Å². The Morgan fingerprint density at radius 3 is 2.50 bits per heavy atom. The third-order valence-corrected chi connectivity index (χ3v) is 6.49. The highest BCUT2D eigenvalue weighted by molar-refractivity contribution is 5.99. The van der Waals surface area contributed by atoms with E-state index in [0.717, 1.165) is 28.1 Å². The van der Waals surface area contributed by atoms with E-state index in [-0.39, 0.29) is 11.9 Å². The lowest BCUT2D eigenvalue weighted by Gasteiger charge is -2.39. The van der Waals surface area contributed by atoms with Gasteiger partial charge in [0.15, 0.2) is 0 Å². The molecular formula is C22H28N2O2. The average Bonchev–Trinajstić information content (AvgIpc) is 3.05. The van der Waals surface area contributed by atoms with Crippen LogP contribution in [0.2, 0.25) is 0 Å². The summed E-state index contributed by atoms with van der Waals surface area (Å²) in [5.74, 6) is 1.52. The molecule has 4 nitrogen and oxygen atoms in total. The second-order valence-corrected chi connectivity index (χ2v) is 8.86. The summed E-state index contributed by atoms with van der Waals surface area (Å²) in [6.07, 6.45) is 4.83. The number of amides is 1. The van der Waals surface area contributed by atoms with Gasteiger partial charge >= 0.3 is 0 Å². The molecular weight excluding hydrogens is 324 g/mol. The van der Waals surface area contributed by atoms with Crippen molar-refractivity contribution in [3.05, 3.63) is 40.8 Å². The number of hydrogen-bond acceptors (Lipinski definition) is 3. The molecule has 2 aromatic rings. The number of rotatable bonds is 2. The third-order valence-electron chi connectivity index (χ3n) is 6.49. The van der Waals surface area contributed by atoms with Crippen molar-refractivity contribution in [2.45, 2.75) is 59.4 Å². The maximum absolute atomic E-state index is 12.8. The minimum Gasteiger partial charge on any atom is -0.361 e. The molecule has 26 heavy (non-hydrogen) atoms. The van der Waals surface area contributed by atoms with Crippen LogP contribution in [0.15, 0.2) is 22.7 Å². The van der Waals surface area contributed by atoms with Crippen LogP contribution in [0.3, 0.4) is 0 Å². The zero-order valence-electron chi connectivity index (χ0n) is 16.4. The van der Waals surface area contributed by atoms with Gasteiger partial charge in [0, 0.05) is 18.2 Å². The molecule has 1 amide bonds. The molecule has 0 bridgehead atoms. The van der Waals surface area contributed by atoms with Gasteiger partial charge in [0.25, 0.3) is 5.91 Å². The number of carbonyl (C=O) groups excluding carboxylic acids is 1. The zero-order chi connectivity index (χ0) is 18.6. The second kappa shape index (κ2) is 5.97. The summed E-state index contributed by atoms with van der Waals surface area (Å²) in [4.78, 5) is 14.8. The molecule has 1 fully saturated rings. The van der Waals surface area contributed by atoms with Gasteiger partial charge < -0.3 is 9.42 Å². The minimum atomic E-state index is 0.153. The molecule has 1 unspecified atom stereocenters. The van der Waals surface area contributed by atoms with Gasteiger partial charge in [0.1, 0.15) is 5.76 Å². The Morgan fingerprint density at radius 2 is 1.88 bits per heavy atom. The van der Waals surface area contributed by atoms with Gasteiger partial charge in [0.2, 0.25) is 0 Å². The van der Waals surface area contributed by atoms with E-state index in [1.165, 1.54) is 31.2 Å². The van der Waals surface area contributed by atoms with E-state index in [1.807, 2.05) is 37.9 Å². The fourth-order valence-corrected chi connectivity index (χ4v) is 4.89. The van der Waals surface area contributed by atoms with Crippen molar-refractivity contribution in [2.24, 2.45) is 11.3 Å². The number of aromatic nitrogens is 1. The van der Waals surface area contributed by atoms with Crippen molar-refractivity contribution in [3.8, 4) is 11.1 Å². The molecule has 2 aliphatic rings. The van der Waals surface area contributed by atoms with Crippen molar-refractivity contribution in [1.82, 2.24) is 10.1 Å². The largest absolute Gasteiger partial charge is 0.361 e. The highest BCUT2D eigenvalue weighted by Gasteiger charge is 2.41. The summed E-state index contributed by atoms with van der Waals surface area (Å²) in [5.41, 5.74) is 5.52. The molecule has 1 aromatic carbocycles. The molecule has 2 heterocycles. The Labute approximate surface area is 155 Å². The predicted octanol–water partition coefficient (Wildman–Crippen LogP) is 5.30. The molecule has 138 valence electrons. The Morgan fingerprint density at radius 1 is 1.19 bits per heavy atom. The summed E-state index contributed by atoms with van der Waals surface area (Å²) < 4.78 is 5.35. The molecule has 0 N–H and O–H groups in total. The topological polar surface area (TPSA) is 46.3 Å². The Bertz CT molecular complexity index is 836. The van der Waals surface area contributed by atoms with E-state index in [9.17, 15) is 4.79 Å². The summed E-state index contributed by atoms with van der Waals surface area (Å²) in [6, 6.07) is 6.41. The van der Waals surface area contributed by atoms with E-state index in [1.54, 1.807) is 0 Å². The molecule has 1 aliphatic heterocycles. The van der Waals surface area contributed by atoms with E-state index >= 15 is 0 Å². The van der Waals surface area contributed by atoms with Crippen molar-refractivity contribution in [1.29, 1.82) is 0 Å². The maximum atomic E-state index is 12.8. The number of nitrogens with zero attached hydrogens (tertiary/aromatic N) is 2. The van der Waals surface area contributed by atoms with Gasteiger partial charge in [-0.15, -0.1) is 0 Å². The molecule has 1 aliphatic carbocycles. The first-order valence-electron chi connectivity index (χ1n) is 9.63. The van der Waals surface area contributed by atoms with Crippen LogP contribution in [-0.2, 0) is 0 Å². The third kappa shape index (κ3) is 2.67. The standard InChI is InChI=1S/C22H28N2O2/c1-13-19(14(2)26-23-13)16-6-7-17-18(12-16)20(24(5)21(17)25)15-8-10-22(3,4)11-9-15/h6-7,12,15,20H,8-11H2,1-5H3. The molecule has 4 rings (SSSR count). The van der Waals surface area contributed by atoms with Crippen molar-refractivity contribution in [3.63, 3.8) is 0 Å². The van der Waals surface area contributed by atoms with E-state index in [0.29, 0.717) is 11.3 Å². The number of carbonyl (C=O) groups is 1. The molecule has 0 saturated heterocycles. The van der Waals surface area contributed by atoms with E-state index < -0.39 is 0 Å². The van der Waals surface area contributed by atoms with Crippen LogP contribution in [0.4, 0.5) is 0 Å². The van der Waals surface area contributed by atoms with Gasteiger partial charge in [0.05, 0.1) is 11.7 Å². The number of benzene rings is 1. The highest BCUT2D eigenvalue weighted by atomic mass is 16.5. The van der Waals surface area contributed by atoms with Gasteiger partial charge in [-0.25, -0.2) is 0 Å². The van der Waals surface area contributed by atoms with Crippen LogP contribution in [-0.4, -0.2) is 23.0 Å². The number of aryl methyl sites for hydroxylation is 2. The van der Waals surface area contributed by atoms with Gasteiger partial charge in [-0.3, -0.25) is 4.79 Å². The average molecular weight is 352 g/mol. The minimum absolute atomic E-state index is 0.153. The Balaban J connectivity index is 1.74. The highest BCUT2D eigenvalue weighted by Crippen LogP contribution is 2.48. The van der Waals surface area contributed by atoms with E-state index in [2.05, 4.69) is 25.1 Å². The lowest BCUT2D eigenvalue weighted by atomic mass is 9.70. The quantitative estimate of drug-likeness (QED) is 0.736. The number of hydrogen-bond donors (Lipinski definition) is 0. The maximum Gasteiger partial charge on any atom is 0.254 e. The monoisotopic (exact) mass is 352 g/mol. The van der Waals surface area contributed by atoms with Gasteiger partial charge in [-0.2, -0.15) is 0 Å². The fourth-order valence-electron chi connectivity index (χ4n) is 4.89. The van der Waals surface area contributed by atoms with Gasteiger partial charge in [-0.1, -0.05) is 25.1 Å². The molecule has 0 spiro atoms. The molecule has 1 atom stereocenters.